The van der Waals surface area contributed by atoms with E-state index in [0.29, 0.717) is 10.6 Å². The monoisotopic (exact) mass is 226 g/mol. The lowest BCUT2D eigenvalue weighted by Crippen LogP contribution is -2.44. The van der Waals surface area contributed by atoms with E-state index in [1.54, 1.807) is 18.2 Å². The third kappa shape index (κ3) is 1.98. The number of benzene rings is 1. The molecule has 1 aliphatic heterocycles. The normalized spacial score (nSPS) is 22.9. The second-order valence-electron chi connectivity index (χ2n) is 3.60. The molecule has 0 radical (unpaired) electrons. The minimum atomic E-state index is -3.33. The molecule has 1 unspecified atom stereocenters. The molecule has 0 aromatic heterocycles. The van der Waals surface area contributed by atoms with E-state index in [-0.39, 0.29) is 6.17 Å². The van der Waals surface area contributed by atoms with Gasteiger partial charge in [0, 0.05) is 0 Å². The number of nitrogens with one attached hydrogen (secondary N) is 2. The predicted octanol–water partition coefficient (Wildman–Crippen LogP) is 1.52. The van der Waals surface area contributed by atoms with Crippen LogP contribution in [0.3, 0.4) is 0 Å². The minimum Gasteiger partial charge on any atom is -0.368 e. The van der Waals surface area contributed by atoms with Crippen molar-refractivity contribution in [3.05, 3.63) is 24.3 Å². The molecular formula is C10H14N2O2S. The van der Waals surface area contributed by atoms with Gasteiger partial charge in [0.15, 0.2) is 0 Å². The third-order valence-electron chi connectivity index (χ3n) is 2.38. The van der Waals surface area contributed by atoms with Crippen LogP contribution in [0.2, 0.25) is 0 Å². The molecule has 0 saturated carbocycles. The molecule has 4 nitrogen and oxygen atoms in total. The standard InChI is InChI=1S/C10H14N2O2S/c1-2-5-10-11-8-6-3-4-7-9(8)15(13,14)12-10/h3-4,6-7,10-12H,2,5H2,1H3. The van der Waals surface area contributed by atoms with Gasteiger partial charge in [0.2, 0.25) is 10.0 Å². The zero-order valence-corrected chi connectivity index (χ0v) is 9.34. The van der Waals surface area contributed by atoms with Crippen molar-refractivity contribution in [3.8, 4) is 0 Å². The van der Waals surface area contributed by atoms with Gasteiger partial charge < -0.3 is 5.32 Å². The van der Waals surface area contributed by atoms with Crippen LogP contribution in [0.5, 0.6) is 0 Å². The molecule has 82 valence electrons. The van der Waals surface area contributed by atoms with Crippen LogP contribution in [0.25, 0.3) is 0 Å². The number of anilines is 1. The molecule has 15 heavy (non-hydrogen) atoms. The van der Waals surface area contributed by atoms with E-state index in [4.69, 9.17) is 0 Å². The van der Waals surface area contributed by atoms with Crippen LogP contribution in [0.4, 0.5) is 5.69 Å². The smallest absolute Gasteiger partial charge is 0.244 e. The Labute approximate surface area is 89.7 Å². The van der Waals surface area contributed by atoms with Crippen molar-refractivity contribution in [3.63, 3.8) is 0 Å². The largest absolute Gasteiger partial charge is 0.368 e. The van der Waals surface area contributed by atoms with Gasteiger partial charge >= 0.3 is 0 Å². The van der Waals surface area contributed by atoms with E-state index in [2.05, 4.69) is 10.0 Å². The first-order valence-electron chi connectivity index (χ1n) is 5.01. The Morgan fingerprint density at radius 3 is 2.80 bits per heavy atom. The summed E-state index contributed by atoms with van der Waals surface area (Å²) in [4.78, 5) is 0.331. The molecule has 0 saturated heterocycles. The molecule has 2 rings (SSSR count). The van der Waals surface area contributed by atoms with Crippen molar-refractivity contribution >= 4 is 15.7 Å². The lowest BCUT2D eigenvalue weighted by atomic mass is 10.2. The van der Waals surface area contributed by atoms with E-state index in [1.165, 1.54) is 0 Å². The second kappa shape index (κ2) is 3.83. The summed E-state index contributed by atoms with van der Waals surface area (Å²) in [5.41, 5.74) is 0.690. The molecule has 1 aliphatic rings. The van der Waals surface area contributed by atoms with Crippen LogP contribution in [0.1, 0.15) is 19.8 Å². The number of para-hydroxylation sites is 1. The van der Waals surface area contributed by atoms with Crippen molar-refractivity contribution in [1.29, 1.82) is 0 Å². The molecule has 0 amide bonds. The van der Waals surface area contributed by atoms with Gasteiger partial charge in [-0.25, -0.2) is 8.42 Å². The van der Waals surface area contributed by atoms with Gasteiger partial charge in [0.1, 0.15) is 4.90 Å². The van der Waals surface area contributed by atoms with Crippen molar-refractivity contribution < 1.29 is 8.42 Å². The summed E-state index contributed by atoms with van der Waals surface area (Å²) in [6, 6.07) is 6.94. The number of sulfonamides is 1. The Balaban J connectivity index is 2.40. The quantitative estimate of drug-likeness (QED) is 0.803. The van der Waals surface area contributed by atoms with Crippen molar-refractivity contribution in [2.45, 2.75) is 30.8 Å². The highest BCUT2D eigenvalue weighted by Gasteiger charge is 2.27. The molecule has 0 bridgehead atoms. The molecule has 0 spiro atoms. The Hall–Kier alpha value is -1.07. The molecule has 1 aromatic rings. The first-order valence-corrected chi connectivity index (χ1v) is 6.49. The van der Waals surface area contributed by atoms with E-state index >= 15 is 0 Å². The molecule has 0 aliphatic carbocycles. The second-order valence-corrected chi connectivity index (χ2v) is 5.29. The van der Waals surface area contributed by atoms with E-state index in [0.717, 1.165) is 12.8 Å². The first-order chi connectivity index (χ1) is 7.13. The minimum absolute atomic E-state index is 0.185. The molecule has 1 atom stereocenters. The number of fused-ring (bicyclic) bond motifs is 1. The maximum absolute atomic E-state index is 11.8. The summed E-state index contributed by atoms with van der Waals surface area (Å²) in [7, 11) is -3.33. The van der Waals surface area contributed by atoms with Gasteiger partial charge in [-0.3, -0.25) is 0 Å². The fourth-order valence-corrected chi connectivity index (χ4v) is 3.06. The number of rotatable bonds is 2. The van der Waals surface area contributed by atoms with Gasteiger partial charge in [-0.2, -0.15) is 4.72 Å². The number of hydrogen-bond donors (Lipinski definition) is 2. The lowest BCUT2D eigenvalue weighted by molar-refractivity contribution is 0.540. The highest BCUT2D eigenvalue weighted by molar-refractivity contribution is 7.89. The van der Waals surface area contributed by atoms with E-state index < -0.39 is 10.0 Å². The summed E-state index contributed by atoms with van der Waals surface area (Å²) in [5.74, 6) is 0. The summed E-state index contributed by atoms with van der Waals surface area (Å²) < 4.78 is 26.2. The van der Waals surface area contributed by atoms with Crippen molar-refractivity contribution in [2.24, 2.45) is 0 Å². The summed E-state index contributed by atoms with van der Waals surface area (Å²) in [6.45, 7) is 2.02. The van der Waals surface area contributed by atoms with Gasteiger partial charge in [-0.05, 0) is 18.6 Å². The van der Waals surface area contributed by atoms with Crippen LogP contribution >= 0.6 is 0 Å². The summed E-state index contributed by atoms with van der Waals surface area (Å²) in [5, 5.41) is 3.16. The predicted molar refractivity (Wildman–Crippen MR) is 59.1 cm³/mol. The highest BCUT2D eigenvalue weighted by atomic mass is 32.2. The fourth-order valence-electron chi connectivity index (χ4n) is 1.71. The van der Waals surface area contributed by atoms with Gasteiger partial charge in [0.05, 0.1) is 11.9 Å². The van der Waals surface area contributed by atoms with Crippen LogP contribution in [0, 0.1) is 0 Å². The van der Waals surface area contributed by atoms with E-state index in [9.17, 15) is 8.42 Å². The number of hydrogen-bond acceptors (Lipinski definition) is 3. The summed E-state index contributed by atoms with van der Waals surface area (Å²) in [6.07, 6.45) is 1.53. The molecule has 1 heterocycles. The van der Waals surface area contributed by atoms with Crippen LogP contribution < -0.4 is 10.0 Å². The average Bonchev–Trinajstić information content (AvgIpc) is 2.17. The Morgan fingerprint density at radius 1 is 1.33 bits per heavy atom. The van der Waals surface area contributed by atoms with Crippen LogP contribution in [-0.4, -0.2) is 14.6 Å². The third-order valence-corrected chi connectivity index (χ3v) is 3.91. The average molecular weight is 226 g/mol. The highest BCUT2D eigenvalue weighted by Crippen LogP contribution is 2.26. The van der Waals surface area contributed by atoms with Crippen molar-refractivity contribution in [1.82, 2.24) is 4.72 Å². The Morgan fingerprint density at radius 2 is 2.07 bits per heavy atom. The first kappa shape index (κ1) is 10.4. The van der Waals surface area contributed by atoms with Crippen molar-refractivity contribution in [2.75, 3.05) is 5.32 Å². The van der Waals surface area contributed by atoms with Crippen LogP contribution in [-0.2, 0) is 10.0 Å². The molecule has 1 aromatic carbocycles. The topological polar surface area (TPSA) is 58.2 Å². The lowest BCUT2D eigenvalue weighted by Gasteiger charge is -2.27. The maximum atomic E-state index is 11.8. The SMILES string of the molecule is CCCC1Nc2ccccc2S(=O)(=O)N1. The summed E-state index contributed by atoms with van der Waals surface area (Å²) >= 11 is 0. The molecule has 0 fully saturated rings. The zero-order valence-electron chi connectivity index (χ0n) is 8.53. The zero-order chi connectivity index (χ0) is 10.9. The van der Waals surface area contributed by atoms with Crippen LogP contribution in [0.15, 0.2) is 29.2 Å². The molecular weight excluding hydrogens is 212 g/mol. The Kier molecular flexibility index (Phi) is 2.67. The Bertz CT molecular complexity index is 456. The fraction of sp³-hybridized carbons (Fsp3) is 0.400. The maximum Gasteiger partial charge on any atom is 0.244 e. The molecule has 2 N–H and O–H groups in total. The van der Waals surface area contributed by atoms with Gasteiger partial charge in [-0.15, -0.1) is 0 Å². The van der Waals surface area contributed by atoms with Gasteiger partial charge in [-0.1, -0.05) is 25.5 Å². The van der Waals surface area contributed by atoms with Gasteiger partial charge in [0.25, 0.3) is 0 Å². The molecule has 5 heteroatoms. The van der Waals surface area contributed by atoms with E-state index in [1.807, 2.05) is 13.0 Å².